The van der Waals surface area contributed by atoms with Gasteiger partial charge in [0.25, 0.3) is 11.8 Å². The number of nitrogens with one attached hydrogen (secondary N) is 2. The van der Waals surface area contributed by atoms with Crippen molar-refractivity contribution in [1.82, 2.24) is 20.7 Å². The van der Waals surface area contributed by atoms with Crippen LogP contribution in [0.2, 0.25) is 5.02 Å². The summed E-state index contributed by atoms with van der Waals surface area (Å²) in [6.45, 7) is 11.6. The molecule has 26 heteroatoms. The number of anilines is 2. The molecule has 3 fully saturated rings. The fraction of sp³-hybridized carbons (Fsp3) is 0.569. The van der Waals surface area contributed by atoms with Crippen molar-refractivity contribution in [2.45, 2.75) is 152 Å². The number of imide groups is 1. The molecule has 4 bridgehead atoms. The predicted molar refractivity (Wildman–Crippen MR) is 315 cm³/mol. The highest BCUT2D eigenvalue weighted by atomic mass is 35.5. The Morgan fingerprint density at radius 3 is 2.46 bits per heavy atom. The zero-order valence-corrected chi connectivity index (χ0v) is 51.7. The van der Waals surface area contributed by atoms with Crippen LogP contribution in [0.5, 0.6) is 11.5 Å². The number of rotatable bonds is 19. The number of hydrogen-bond acceptors (Lipinski definition) is 20. The average Bonchev–Trinajstić information content (AvgIpc) is 2.25. The van der Waals surface area contributed by atoms with E-state index in [2.05, 4.69) is 15.8 Å². The van der Waals surface area contributed by atoms with E-state index in [0.717, 1.165) is 22.4 Å². The van der Waals surface area contributed by atoms with E-state index in [1.165, 1.54) is 59.6 Å². The highest BCUT2D eigenvalue weighted by Crippen LogP contribution is 2.49. The Labute approximate surface area is 502 Å². The number of fused-ring (bicyclic) bond motifs is 6. The molecule has 7 rings (SSSR count). The van der Waals surface area contributed by atoms with Gasteiger partial charge in [-0.05, 0) is 77.3 Å². The SMILES string of the molecule is COc1cc2cc(c1Cl)N(C)C(=O)C[C@H](OC(=O)[C@H](C)N(C)C(=O)CCSSC(C)(C)CC(=O)N/N=C1\CCN(C)c3cc(OCCCC(=O)ON4C(=O)CCC4=O)ccc31)[C@]1(C)O[C@H]1[C@H](C)[C@@H]1C[C@@](O)(NC(=O)O1)[C@H](OC)/C=C/C=C(\C)C2. The Balaban J connectivity index is 0.930. The zero-order valence-electron chi connectivity index (χ0n) is 49.3. The number of hydroxylamine groups is 2. The van der Waals surface area contributed by atoms with Crippen molar-refractivity contribution in [1.29, 1.82) is 0 Å². The van der Waals surface area contributed by atoms with Crippen molar-refractivity contribution < 1.29 is 76.7 Å². The quantitative estimate of drug-likeness (QED) is 0.0334. The van der Waals surface area contributed by atoms with Gasteiger partial charge in [0, 0.05) is 107 Å². The number of hydrazone groups is 1. The molecule has 0 aliphatic carbocycles. The van der Waals surface area contributed by atoms with Crippen LogP contribution in [0.1, 0.15) is 110 Å². The largest absolute Gasteiger partial charge is 0.495 e. The first-order valence-corrected chi connectivity index (χ1v) is 30.4. The first-order valence-electron chi connectivity index (χ1n) is 27.7. The van der Waals surface area contributed by atoms with Gasteiger partial charge < -0.3 is 53.1 Å². The number of methoxy groups -OCH3 is 2. The van der Waals surface area contributed by atoms with Crippen LogP contribution < -0.4 is 30.0 Å². The molecule has 0 aromatic heterocycles. The molecule has 84 heavy (non-hydrogen) atoms. The normalized spacial score (nSPS) is 26.4. The van der Waals surface area contributed by atoms with E-state index in [0.29, 0.717) is 59.5 Å². The van der Waals surface area contributed by atoms with Gasteiger partial charge in [-0.2, -0.15) is 5.10 Å². The van der Waals surface area contributed by atoms with Crippen LogP contribution in [-0.2, 0) is 63.8 Å². The monoisotopic (exact) mass is 1230 g/mol. The van der Waals surface area contributed by atoms with E-state index in [9.17, 15) is 43.5 Å². The average molecular weight is 1230 g/mol. The van der Waals surface area contributed by atoms with Gasteiger partial charge >= 0.3 is 18.0 Å². The van der Waals surface area contributed by atoms with Gasteiger partial charge in [-0.15, -0.1) is 5.06 Å². The van der Waals surface area contributed by atoms with Gasteiger partial charge in [-0.25, -0.2) is 19.8 Å². The minimum atomic E-state index is -1.88. The van der Waals surface area contributed by atoms with Crippen molar-refractivity contribution in [3.05, 3.63) is 70.3 Å². The van der Waals surface area contributed by atoms with E-state index in [-0.39, 0.29) is 68.4 Å². The second kappa shape index (κ2) is 27.8. The number of nitrogens with zero attached hydrogens (tertiary/aromatic N) is 5. The molecular weight excluding hydrogens is 1150 g/mol. The number of hydrogen-bond donors (Lipinski definition) is 3. The van der Waals surface area contributed by atoms with Crippen LogP contribution in [0.3, 0.4) is 0 Å². The number of likely N-dealkylation sites (N-methyl/N-ethyl adjacent to an activating group) is 1. The molecular formula is C58H76ClN7O16S2. The number of esters is 1. The van der Waals surface area contributed by atoms with Crippen LogP contribution in [-0.4, -0.2) is 169 Å². The molecule has 0 radical (unpaired) electrons. The van der Waals surface area contributed by atoms with E-state index in [1.807, 2.05) is 50.9 Å². The molecule has 23 nitrogen and oxygen atoms in total. The van der Waals surface area contributed by atoms with Gasteiger partial charge in [-0.1, -0.05) is 63.9 Å². The zero-order chi connectivity index (χ0) is 61.4. The molecule has 458 valence electrons. The van der Waals surface area contributed by atoms with Crippen LogP contribution >= 0.6 is 33.2 Å². The molecule has 5 aliphatic heterocycles. The Hall–Kier alpha value is -6.38. The maximum absolute atomic E-state index is 14.4. The Morgan fingerprint density at radius 2 is 1.76 bits per heavy atom. The third-order valence-electron chi connectivity index (χ3n) is 15.5. The molecule has 0 spiro atoms. The molecule has 5 aliphatic rings. The molecule has 2 aromatic carbocycles. The summed E-state index contributed by atoms with van der Waals surface area (Å²) in [6.07, 6.45) is 1.48. The van der Waals surface area contributed by atoms with Crippen LogP contribution in [0, 0.1) is 5.92 Å². The minimum absolute atomic E-state index is 0.0186. The number of allylic oxidation sites excluding steroid dienone is 3. The van der Waals surface area contributed by atoms with Crippen LogP contribution in [0.25, 0.3) is 0 Å². The number of halogens is 1. The lowest BCUT2D eigenvalue weighted by atomic mass is 9.83. The minimum Gasteiger partial charge on any atom is -0.495 e. The first-order chi connectivity index (χ1) is 39.7. The number of epoxide rings is 1. The van der Waals surface area contributed by atoms with Crippen molar-refractivity contribution in [3.8, 4) is 11.5 Å². The topological polar surface area (TPSA) is 274 Å². The molecule has 0 unspecified atom stereocenters. The standard InChI is InChI=1S/C58H76ClN7O16S2/c1-33-14-12-15-44(77-11)58(75)31-43(79-55(74)60-58)34(2)53-57(6,81-53)45(30-50(71)65(9)41-27-36(26-33)28-42(76-10)52(41)59)80-54(73)35(3)64(8)47(68)22-25-83-84-56(4,5)32-46(67)62-61-39-21-23-63(7)40-29-37(17-18-38(39)40)78-24-13-16-51(72)82-66-48(69)19-20-49(66)70/h12,14-15,17-18,27-29,34-35,43-45,53,75H,13,16,19-26,30-32H2,1-11H3,(H,60,74)(H,62,67)/b15-12+,33-14+,61-39+/t34-,35+,43+,44-,45+,53+,57+,58+/m1/s1. The third-order valence-corrected chi connectivity index (χ3v) is 19.1. The number of carbonyl (C=O) groups is 8. The fourth-order valence-electron chi connectivity index (χ4n) is 10.3. The van der Waals surface area contributed by atoms with Crippen molar-refractivity contribution in [2.24, 2.45) is 11.0 Å². The number of amides is 6. The molecule has 5 heterocycles. The van der Waals surface area contributed by atoms with Crippen molar-refractivity contribution >= 4 is 97.8 Å². The van der Waals surface area contributed by atoms with Crippen molar-refractivity contribution in [2.75, 3.05) is 64.1 Å². The van der Waals surface area contributed by atoms with Crippen LogP contribution in [0.15, 0.2) is 59.2 Å². The summed E-state index contributed by atoms with van der Waals surface area (Å²) >= 11 is 6.84. The highest BCUT2D eigenvalue weighted by molar-refractivity contribution is 8.77. The van der Waals surface area contributed by atoms with Crippen molar-refractivity contribution in [3.63, 3.8) is 0 Å². The Bertz CT molecular complexity index is 2950. The summed E-state index contributed by atoms with van der Waals surface area (Å²) in [5.41, 5.74) is 3.92. The molecule has 0 saturated carbocycles. The number of alkyl carbamates (subject to hydrolysis) is 1. The second-order valence-electron chi connectivity index (χ2n) is 22.4. The summed E-state index contributed by atoms with van der Waals surface area (Å²) in [4.78, 5) is 114. The summed E-state index contributed by atoms with van der Waals surface area (Å²) in [7, 11) is 10.7. The van der Waals surface area contributed by atoms with Gasteiger partial charge in [0.1, 0.15) is 46.5 Å². The van der Waals surface area contributed by atoms with Gasteiger partial charge in [0.15, 0.2) is 5.72 Å². The summed E-state index contributed by atoms with van der Waals surface area (Å²) in [5, 5.41) is 19.6. The summed E-state index contributed by atoms with van der Waals surface area (Å²) in [5.74, 6) is -3.03. The molecule has 3 saturated heterocycles. The number of carbonyl (C=O) groups excluding carboxylic acids is 8. The molecule has 2 aromatic rings. The smallest absolute Gasteiger partial charge is 0.409 e. The van der Waals surface area contributed by atoms with E-state index in [4.69, 9.17) is 44.9 Å². The summed E-state index contributed by atoms with van der Waals surface area (Å²) < 4.78 is 34.9. The van der Waals surface area contributed by atoms with E-state index < -0.39 is 88.2 Å². The second-order valence-corrected chi connectivity index (χ2v) is 25.9. The molecule has 6 amide bonds. The lowest BCUT2D eigenvalue weighted by molar-refractivity contribution is -0.197. The number of ether oxygens (including phenoxy) is 6. The van der Waals surface area contributed by atoms with Gasteiger partial charge in [0.2, 0.25) is 17.7 Å². The Kier molecular flexibility index (Phi) is 21.5. The first kappa shape index (κ1) is 65.2. The lowest BCUT2D eigenvalue weighted by Crippen LogP contribution is -2.63. The van der Waals surface area contributed by atoms with Crippen LogP contribution in [0.4, 0.5) is 16.2 Å². The third kappa shape index (κ3) is 15.9. The molecule has 8 atom stereocenters. The Morgan fingerprint density at radius 1 is 1.04 bits per heavy atom. The fourth-order valence-corrected chi connectivity index (χ4v) is 13.1. The predicted octanol–water partition coefficient (Wildman–Crippen LogP) is 6.58. The van der Waals surface area contributed by atoms with E-state index in [1.54, 1.807) is 51.2 Å². The number of benzene rings is 2. The molecule has 3 N–H and O–H groups in total. The van der Waals surface area contributed by atoms with Gasteiger partial charge in [-0.3, -0.25) is 29.3 Å². The van der Waals surface area contributed by atoms with Gasteiger partial charge in [0.05, 0.1) is 44.1 Å². The lowest BCUT2D eigenvalue weighted by Gasteiger charge is -2.42. The maximum atomic E-state index is 14.4. The summed E-state index contributed by atoms with van der Waals surface area (Å²) in [6, 6.07) is 7.94. The van der Waals surface area contributed by atoms with E-state index >= 15 is 0 Å². The maximum Gasteiger partial charge on any atom is 0.409 e. The number of aliphatic hydroxyl groups is 1. The highest BCUT2D eigenvalue weighted by Gasteiger charge is 2.64.